The lowest BCUT2D eigenvalue weighted by molar-refractivity contribution is 0.669. The van der Waals surface area contributed by atoms with Crippen LogP contribution >= 0.6 is 0 Å². The third-order valence-electron chi connectivity index (χ3n) is 11.3. The first kappa shape index (κ1) is 32.0. The topological polar surface area (TPSA) is 16.4 Å². The Hall–Kier alpha value is -7.42. The molecular weight excluding hydrogens is 679 g/mol. The van der Waals surface area contributed by atoms with Crippen molar-refractivity contribution in [2.75, 3.05) is 4.90 Å². The Kier molecular flexibility index (Phi) is 7.53. The van der Waals surface area contributed by atoms with E-state index in [2.05, 4.69) is 211 Å². The van der Waals surface area contributed by atoms with Gasteiger partial charge in [-0.05, 0) is 109 Å². The molecule has 0 unspecified atom stereocenters. The second-order valence-electron chi connectivity index (χ2n) is 14.4. The maximum Gasteiger partial charge on any atom is 0.136 e. The van der Waals surface area contributed by atoms with Gasteiger partial charge in [0.25, 0.3) is 0 Å². The van der Waals surface area contributed by atoms with E-state index in [-0.39, 0.29) is 0 Å². The Morgan fingerprint density at radius 3 is 1.66 bits per heavy atom. The standard InChI is InChI=1S/C54H35NO/c1-2-13-36(14-3-1)37-25-29-41(30-26-37)55(42-31-27-39(28-32-42)49-35-40-16-5-7-19-44(40)45-20-8-9-21-46(45)49)50-33-34-52-54(48-22-10-11-24-51(48)56-52)53(50)47-23-12-17-38-15-4-6-18-43(38)47/h1-35H. The second kappa shape index (κ2) is 13.2. The van der Waals surface area contributed by atoms with Gasteiger partial charge in [0.05, 0.1) is 5.69 Å². The molecule has 262 valence electrons. The molecule has 0 fully saturated rings. The maximum atomic E-state index is 6.55. The largest absolute Gasteiger partial charge is 0.456 e. The van der Waals surface area contributed by atoms with Crippen molar-refractivity contribution in [3.8, 4) is 33.4 Å². The normalized spacial score (nSPS) is 11.6. The van der Waals surface area contributed by atoms with Crippen molar-refractivity contribution in [1.29, 1.82) is 0 Å². The average molecular weight is 714 g/mol. The fourth-order valence-corrected chi connectivity index (χ4v) is 8.65. The molecule has 0 atom stereocenters. The molecule has 11 aromatic rings. The van der Waals surface area contributed by atoms with Gasteiger partial charge < -0.3 is 9.32 Å². The van der Waals surface area contributed by atoms with Crippen LogP contribution in [0.15, 0.2) is 217 Å². The molecule has 56 heavy (non-hydrogen) atoms. The minimum Gasteiger partial charge on any atom is -0.456 e. The third kappa shape index (κ3) is 5.26. The Morgan fingerprint density at radius 1 is 0.321 bits per heavy atom. The lowest BCUT2D eigenvalue weighted by atomic mass is 9.92. The number of anilines is 3. The number of hydrogen-bond donors (Lipinski definition) is 0. The SMILES string of the molecule is c1ccc(-c2ccc(N(c3ccc(-c4cc5ccccc5c5ccccc45)cc3)c3ccc4oc5ccccc5c4c3-c3cccc4ccccc34)cc2)cc1. The first-order valence-electron chi connectivity index (χ1n) is 19.2. The summed E-state index contributed by atoms with van der Waals surface area (Å²) in [5.74, 6) is 0. The van der Waals surface area contributed by atoms with E-state index in [1.54, 1.807) is 0 Å². The molecule has 0 spiro atoms. The van der Waals surface area contributed by atoms with Crippen molar-refractivity contribution in [2.45, 2.75) is 0 Å². The van der Waals surface area contributed by atoms with Crippen molar-refractivity contribution in [3.05, 3.63) is 212 Å². The summed E-state index contributed by atoms with van der Waals surface area (Å²) in [5.41, 5.74) is 12.1. The van der Waals surface area contributed by atoms with Crippen LogP contribution in [0.1, 0.15) is 0 Å². The number of furan rings is 1. The number of nitrogens with zero attached hydrogens (tertiary/aromatic N) is 1. The molecule has 0 aliphatic carbocycles. The van der Waals surface area contributed by atoms with Crippen LogP contribution in [0.5, 0.6) is 0 Å². The second-order valence-corrected chi connectivity index (χ2v) is 14.4. The summed E-state index contributed by atoms with van der Waals surface area (Å²) in [6.45, 7) is 0. The van der Waals surface area contributed by atoms with Gasteiger partial charge >= 0.3 is 0 Å². The maximum absolute atomic E-state index is 6.55. The number of rotatable bonds is 6. The van der Waals surface area contributed by atoms with Crippen molar-refractivity contribution >= 4 is 71.3 Å². The predicted molar refractivity (Wildman–Crippen MR) is 237 cm³/mol. The molecule has 0 saturated heterocycles. The molecule has 11 rings (SSSR count). The molecule has 2 nitrogen and oxygen atoms in total. The van der Waals surface area contributed by atoms with Gasteiger partial charge in [-0.2, -0.15) is 0 Å². The Balaban J connectivity index is 1.16. The third-order valence-corrected chi connectivity index (χ3v) is 11.3. The summed E-state index contributed by atoms with van der Waals surface area (Å²) >= 11 is 0. The lowest BCUT2D eigenvalue weighted by Crippen LogP contribution is -2.11. The van der Waals surface area contributed by atoms with E-state index < -0.39 is 0 Å². The number of fused-ring (bicyclic) bond motifs is 7. The van der Waals surface area contributed by atoms with Gasteiger partial charge in [-0.25, -0.2) is 0 Å². The van der Waals surface area contributed by atoms with Crippen molar-refractivity contribution in [1.82, 2.24) is 0 Å². The molecule has 1 aromatic heterocycles. The first-order chi connectivity index (χ1) is 27.8. The van der Waals surface area contributed by atoms with Crippen LogP contribution in [0.4, 0.5) is 17.1 Å². The quantitative estimate of drug-likeness (QED) is 0.160. The van der Waals surface area contributed by atoms with Crippen LogP contribution < -0.4 is 4.90 Å². The molecule has 0 aliphatic rings. The summed E-state index contributed by atoms with van der Waals surface area (Å²) in [6, 6.07) is 76.5. The zero-order valence-electron chi connectivity index (χ0n) is 30.6. The van der Waals surface area contributed by atoms with Crippen LogP contribution in [0.2, 0.25) is 0 Å². The molecule has 1 heterocycles. The molecule has 0 amide bonds. The minimum atomic E-state index is 0.871. The van der Waals surface area contributed by atoms with Gasteiger partial charge in [0.15, 0.2) is 0 Å². The predicted octanol–water partition coefficient (Wildman–Crippen LogP) is 15.5. The van der Waals surface area contributed by atoms with Crippen molar-refractivity contribution in [2.24, 2.45) is 0 Å². The smallest absolute Gasteiger partial charge is 0.136 e. The van der Waals surface area contributed by atoms with E-state index in [1.807, 2.05) is 6.07 Å². The molecular formula is C54H35NO. The van der Waals surface area contributed by atoms with Gasteiger partial charge in [0, 0.05) is 27.7 Å². The summed E-state index contributed by atoms with van der Waals surface area (Å²) in [7, 11) is 0. The van der Waals surface area contributed by atoms with Crippen molar-refractivity contribution in [3.63, 3.8) is 0 Å². The van der Waals surface area contributed by atoms with E-state index in [0.29, 0.717) is 0 Å². The van der Waals surface area contributed by atoms with Gasteiger partial charge in [-0.3, -0.25) is 0 Å². The number of para-hydroxylation sites is 1. The van der Waals surface area contributed by atoms with Crippen LogP contribution in [0.3, 0.4) is 0 Å². The van der Waals surface area contributed by atoms with Crippen molar-refractivity contribution < 1.29 is 4.42 Å². The van der Waals surface area contributed by atoms with Crippen LogP contribution in [0.25, 0.3) is 87.6 Å². The fraction of sp³-hybridized carbons (Fsp3) is 0. The Bertz CT molecular complexity index is 3230. The van der Waals surface area contributed by atoms with Crippen LogP contribution in [0, 0.1) is 0 Å². The minimum absolute atomic E-state index is 0.871. The summed E-state index contributed by atoms with van der Waals surface area (Å²) in [5, 5.41) is 9.65. The summed E-state index contributed by atoms with van der Waals surface area (Å²) < 4.78 is 6.55. The first-order valence-corrected chi connectivity index (χ1v) is 19.2. The highest BCUT2D eigenvalue weighted by molar-refractivity contribution is 6.19. The molecule has 0 bridgehead atoms. The number of benzene rings is 10. The Labute approximate surface area is 325 Å². The molecule has 10 aromatic carbocycles. The highest BCUT2D eigenvalue weighted by Gasteiger charge is 2.24. The van der Waals surface area contributed by atoms with E-state index in [4.69, 9.17) is 4.42 Å². The van der Waals surface area contributed by atoms with Gasteiger partial charge in [0.1, 0.15) is 11.2 Å². The monoisotopic (exact) mass is 713 g/mol. The van der Waals surface area contributed by atoms with E-state index in [9.17, 15) is 0 Å². The van der Waals surface area contributed by atoms with Gasteiger partial charge in [0.2, 0.25) is 0 Å². The number of hydrogen-bond acceptors (Lipinski definition) is 2. The van der Waals surface area contributed by atoms with E-state index >= 15 is 0 Å². The van der Waals surface area contributed by atoms with Gasteiger partial charge in [-0.1, -0.05) is 164 Å². The molecule has 0 saturated carbocycles. The van der Waals surface area contributed by atoms with Crippen LogP contribution in [-0.2, 0) is 0 Å². The van der Waals surface area contributed by atoms with Gasteiger partial charge in [-0.15, -0.1) is 0 Å². The molecule has 0 radical (unpaired) electrons. The fourth-order valence-electron chi connectivity index (χ4n) is 8.65. The zero-order chi connectivity index (χ0) is 37.0. The molecule has 0 aliphatic heterocycles. The van der Waals surface area contributed by atoms with E-state index in [1.165, 1.54) is 60.1 Å². The summed E-state index contributed by atoms with van der Waals surface area (Å²) in [6.07, 6.45) is 0. The molecule has 2 heteroatoms. The Morgan fingerprint density at radius 2 is 0.893 bits per heavy atom. The zero-order valence-corrected chi connectivity index (χ0v) is 30.6. The average Bonchev–Trinajstić information content (AvgIpc) is 3.66. The van der Waals surface area contributed by atoms with E-state index in [0.717, 1.165) is 44.6 Å². The highest BCUT2D eigenvalue weighted by Crippen LogP contribution is 2.49. The van der Waals surface area contributed by atoms with Crippen LogP contribution in [-0.4, -0.2) is 0 Å². The lowest BCUT2D eigenvalue weighted by Gasteiger charge is -2.29. The molecule has 0 N–H and O–H groups in total. The summed E-state index contributed by atoms with van der Waals surface area (Å²) in [4.78, 5) is 2.41. The highest BCUT2D eigenvalue weighted by atomic mass is 16.3.